The highest BCUT2D eigenvalue weighted by molar-refractivity contribution is 9.11. The lowest BCUT2D eigenvalue weighted by atomic mass is 10.2. The molecule has 0 aliphatic carbocycles. The van der Waals surface area contributed by atoms with E-state index in [1.54, 1.807) is 0 Å². The minimum atomic E-state index is -0.813. The van der Waals surface area contributed by atoms with Gasteiger partial charge < -0.3 is 15.2 Å². The third-order valence-electron chi connectivity index (χ3n) is 1.39. The fourth-order valence-corrected chi connectivity index (χ4v) is 1.12. The van der Waals surface area contributed by atoms with E-state index >= 15 is 0 Å². The number of esters is 1. The van der Waals surface area contributed by atoms with Gasteiger partial charge in [-0.1, -0.05) is 22.5 Å². The number of hydrogen-bond acceptors (Lipinski definition) is 4. The van der Waals surface area contributed by atoms with E-state index in [1.807, 2.05) is 0 Å². The van der Waals surface area contributed by atoms with Crippen LogP contribution in [0.3, 0.4) is 0 Å². The highest BCUT2D eigenvalue weighted by Crippen LogP contribution is 2.10. The van der Waals surface area contributed by atoms with Crippen molar-refractivity contribution in [2.75, 3.05) is 13.7 Å². The summed E-state index contributed by atoms with van der Waals surface area (Å²) in [5.74, 6) is -1.21. The van der Waals surface area contributed by atoms with Gasteiger partial charge in [0.25, 0.3) is 0 Å². The van der Waals surface area contributed by atoms with Crippen LogP contribution in [-0.2, 0) is 14.3 Å². The first-order valence-corrected chi connectivity index (χ1v) is 4.62. The molecule has 14 heavy (non-hydrogen) atoms. The fourth-order valence-electron chi connectivity index (χ4n) is 0.797. The number of nitrogens with one attached hydrogen (secondary N) is 1. The van der Waals surface area contributed by atoms with Gasteiger partial charge in [0.15, 0.2) is 0 Å². The molecule has 5 nitrogen and oxygen atoms in total. The van der Waals surface area contributed by atoms with Crippen LogP contribution in [0.1, 0.15) is 6.42 Å². The third-order valence-corrected chi connectivity index (χ3v) is 1.71. The summed E-state index contributed by atoms with van der Waals surface area (Å²) in [4.78, 5) is 21.9. The van der Waals surface area contributed by atoms with E-state index in [0.29, 0.717) is 4.48 Å². The molecule has 0 aliphatic heterocycles. The molecule has 0 rings (SSSR count). The minimum absolute atomic E-state index is 0.221. The summed E-state index contributed by atoms with van der Waals surface area (Å²) < 4.78 is 5.02. The first-order chi connectivity index (χ1) is 6.51. The van der Waals surface area contributed by atoms with E-state index in [4.69, 9.17) is 5.11 Å². The van der Waals surface area contributed by atoms with E-state index in [9.17, 15) is 9.59 Å². The number of carbonyl (C=O) groups excluding carboxylic acids is 2. The van der Waals surface area contributed by atoms with E-state index in [0.717, 1.165) is 0 Å². The Kier molecular flexibility index (Phi) is 6.14. The van der Waals surface area contributed by atoms with Crippen LogP contribution in [0, 0.1) is 0 Å². The monoisotopic (exact) mass is 265 g/mol. The van der Waals surface area contributed by atoms with Gasteiger partial charge in [-0.2, -0.15) is 0 Å². The van der Waals surface area contributed by atoms with Crippen LogP contribution in [0.2, 0.25) is 0 Å². The van der Waals surface area contributed by atoms with Gasteiger partial charge in [-0.05, 0) is 4.48 Å². The van der Waals surface area contributed by atoms with Crippen LogP contribution in [0.5, 0.6) is 0 Å². The van der Waals surface area contributed by atoms with E-state index in [-0.39, 0.29) is 6.42 Å². The zero-order chi connectivity index (χ0) is 11.1. The van der Waals surface area contributed by atoms with Gasteiger partial charge in [0.1, 0.15) is 12.6 Å². The highest BCUT2D eigenvalue weighted by Gasteiger charge is 2.21. The Bertz CT molecular complexity index is 241. The second kappa shape index (κ2) is 6.56. The predicted molar refractivity (Wildman–Crippen MR) is 53.7 cm³/mol. The summed E-state index contributed by atoms with van der Waals surface area (Å²) in [5, 5.41) is 10.8. The number of amides is 1. The zero-order valence-electron chi connectivity index (χ0n) is 7.75. The number of carbonyl (C=O) groups is 2. The molecule has 0 bridgehead atoms. The fraction of sp³-hybridized carbons (Fsp3) is 0.500. The maximum atomic E-state index is 11.1. The molecule has 0 radical (unpaired) electrons. The average molecular weight is 266 g/mol. The van der Waals surface area contributed by atoms with Crippen molar-refractivity contribution in [1.29, 1.82) is 0 Å². The van der Waals surface area contributed by atoms with Gasteiger partial charge in [0.2, 0.25) is 5.91 Å². The summed E-state index contributed by atoms with van der Waals surface area (Å²) in [5.41, 5.74) is 0. The normalized spacial score (nSPS) is 11.6. The van der Waals surface area contributed by atoms with Crippen LogP contribution in [0.4, 0.5) is 0 Å². The Morgan fingerprint density at radius 1 is 1.64 bits per heavy atom. The van der Waals surface area contributed by atoms with Gasteiger partial charge >= 0.3 is 5.97 Å². The molecular formula is C8H12BrNO4. The van der Waals surface area contributed by atoms with E-state index in [1.165, 1.54) is 7.11 Å². The van der Waals surface area contributed by atoms with Crippen molar-refractivity contribution in [3.63, 3.8) is 0 Å². The molecule has 0 spiro atoms. The number of rotatable bonds is 5. The second-order valence-electron chi connectivity index (χ2n) is 2.52. The van der Waals surface area contributed by atoms with E-state index in [2.05, 4.69) is 32.6 Å². The van der Waals surface area contributed by atoms with Crippen molar-refractivity contribution in [3.05, 3.63) is 11.1 Å². The number of hydrogen-bond donors (Lipinski definition) is 2. The first-order valence-electron chi connectivity index (χ1n) is 3.82. The predicted octanol–water partition coefficient (Wildman–Crippen LogP) is -0.0648. The highest BCUT2D eigenvalue weighted by atomic mass is 79.9. The van der Waals surface area contributed by atoms with Crippen LogP contribution in [0.15, 0.2) is 11.1 Å². The molecule has 0 aliphatic rings. The molecule has 0 aromatic carbocycles. The molecule has 2 N–H and O–H groups in total. The largest absolute Gasteiger partial charge is 0.467 e. The Hall–Kier alpha value is -0.880. The van der Waals surface area contributed by atoms with Crippen LogP contribution in [-0.4, -0.2) is 36.7 Å². The van der Waals surface area contributed by atoms with Crippen molar-refractivity contribution in [1.82, 2.24) is 5.32 Å². The van der Waals surface area contributed by atoms with Crippen molar-refractivity contribution in [2.24, 2.45) is 0 Å². The number of aliphatic hydroxyl groups excluding tert-OH is 1. The van der Waals surface area contributed by atoms with Gasteiger partial charge in [-0.25, -0.2) is 4.79 Å². The van der Waals surface area contributed by atoms with Crippen LogP contribution >= 0.6 is 15.9 Å². The summed E-state index contributed by atoms with van der Waals surface area (Å²) in [6.45, 7) is 2.88. The number of halogens is 1. The smallest absolute Gasteiger partial charge is 0.328 e. The number of methoxy groups -OCH3 is 1. The molecule has 6 heteroatoms. The Labute approximate surface area is 90.3 Å². The maximum absolute atomic E-state index is 11.1. The summed E-state index contributed by atoms with van der Waals surface area (Å²) in [6.07, 6.45) is 0.221. The zero-order valence-corrected chi connectivity index (χ0v) is 9.33. The van der Waals surface area contributed by atoms with Crippen LogP contribution in [0.25, 0.3) is 0 Å². The molecule has 0 saturated heterocycles. The molecule has 0 aromatic heterocycles. The lowest BCUT2D eigenvalue weighted by molar-refractivity contribution is -0.145. The minimum Gasteiger partial charge on any atom is -0.467 e. The van der Waals surface area contributed by atoms with Crippen LogP contribution < -0.4 is 5.32 Å². The molecule has 0 heterocycles. The lowest BCUT2D eigenvalue weighted by Crippen LogP contribution is -2.42. The molecule has 0 aromatic rings. The topological polar surface area (TPSA) is 75.6 Å². The molecule has 0 unspecified atom stereocenters. The second-order valence-corrected chi connectivity index (χ2v) is 3.64. The van der Waals surface area contributed by atoms with Gasteiger partial charge in [-0.3, -0.25) is 4.79 Å². The van der Waals surface area contributed by atoms with Gasteiger partial charge in [0, 0.05) is 6.42 Å². The molecule has 0 fully saturated rings. The van der Waals surface area contributed by atoms with Gasteiger partial charge in [0.05, 0.1) is 7.11 Å². The SMILES string of the molecule is C=C(Br)C[C@H](NC(=O)CO)C(=O)OC. The van der Waals surface area contributed by atoms with Crippen molar-refractivity contribution in [2.45, 2.75) is 12.5 Å². The average Bonchev–Trinajstić information content (AvgIpc) is 2.14. The lowest BCUT2D eigenvalue weighted by Gasteiger charge is -2.14. The van der Waals surface area contributed by atoms with Crippen molar-refractivity contribution >= 4 is 27.8 Å². The molecular weight excluding hydrogens is 254 g/mol. The van der Waals surface area contributed by atoms with Crippen molar-refractivity contribution < 1.29 is 19.4 Å². The third kappa shape index (κ3) is 4.98. The Morgan fingerprint density at radius 3 is 2.57 bits per heavy atom. The van der Waals surface area contributed by atoms with Gasteiger partial charge in [-0.15, -0.1) is 0 Å². The summed E-state index contributed by atoms with van der Waals surface area (Å²) >= 11 is 3.07. The molecule has 80 valence electrons. The summed E-state index contributed by atoms with van der Waals surface area (Å²) in [6, 6.07) is -0.813. The van der Waals surface area contributed by atoms with E-state index < -0.39 is 24.5 Å². The Morgan fingerprint density at radius 2 is 2.21 bits per heavy atom. The molecule has 1 atom stereocenters. The molecule has 0 saturated carbocycles. The Balaban J connectivity index is 4.31. The van der Waals surface area contributed by atoms with Crippen molar-refractivity contribution in [3.8, 4) is 0 Å². The summed E-state index contributed by atoms with van der Waals surface area (Å²) in [7, 11) is 1.22. The molecule has 1 amide bonds. The maximum Gasteiger partial charge on any atom is 0.328 e. The quantitative estimate of drug-likeness (QED) is 0.683. The first kappa shape index (κ1) is 13.1. The standard InChI is InChI=1S/C8H12BrNO4/c1-5(9)3-6(8(13)14-2)10-7(12)4-11/h6,11H,1,3-4H2,2H3,(H,10,12)/t6-/m0/s1. The number of ether oxygens (including phenoxy) is 1. The number of aliphatic hydroxyl groups is 1.